The van der Waals surface area contributed by atoms with E-state index in [9.17, 15) is 23.9 Å². The van der Waals surface area contributed by atoms with Crippen LogP contribution in [0.5, 0.6) is 5.75 Å². The highest BCUT2D eigenvalue weighted by Gasteiger charge is 2.46. The van der Waals surface area contributed by atoms with E-state index in [4.69, 9.17) is 0 Å². The van der Waals surface area contributed by atoms with Crippen molar-refractivity contribution in [2.45, 2.75) is 63.9 Å². The minimum Gasteiger partial charge on any atom is -0.503 e. The highest BCUT2D eigenvalue weighted by Crippen LogP contribution is 2.36. The van der Waals surface area contributed by atoms with Crippen LogP contribution in [0, 0.1) is 5.82 Å². The Morgan fingerprint density at radius 3 is 2.58 bits per heavy atom. The Balaban J connectivity index is 1.45. The highest BCUT2D eigenvalue weighted by molar-refractivity contribution is 5.99. The second-order valence-electron chi connectivity index (χ2n) is 9.18. The van der Waals surface area contributed by atoms with Crippen LogP contribution in [0.1, 0.15) is 59.0 Å². The summed E-state index contributed by atoms with van der Waals surface area (Å²) in [6.07, 6.45) is 5.44. The lowest BCUT2D eigenvalue weighted by Crippen LogP contribution is -2.66. The van der Waals surface area contributed by atoms with Crippen LogP contribution in [0.3, 0.4) is 0 Å². The molecule has 0 spiro atoms. The molecule has 2 atom stereocenters. The number of fused-ring (bicyclic) bond motifs is 2. The number of carbonyl (C=O) groups is 2. The van der Waals surface area contributed by atoms with Crippen LogP contribution in [0.2, 0.25) is 0 Å². The van der Waals surface area contributed by atoms with Crippen molar-refractivity contribution < 1.29 is 19.1 Å². The normalized spacial score (nSPS) is 23.0. The van der Waals surface area contributed by atoms with Crippen molar-refractivity contribution in [2.75, 3.05) is 6.54 Å². The summed E-state index contributed by atoms with van der Waals surface area (Å²) in [4.78, 5) is 43.1. The van der Waals surface area contributed by atoms with Gasteiger partial charge in [0, 0.05) is 31.4 Å². The summed E-state index contributed by atoms with van der Waals surface area (Å²) in [6, 6.07) is 6.10. The molecule has 0 unspecified atom stereocenters. The molecule has 2 fully saturated rings. The third kappa shape index (κ3) is 3.70. The Bertz CT molecular complexity index is 1160. The van der Waals surface area contributed by atoms with Crippen molar-refractivity contribution in [3.8, 4) is 5.75 Å². The molecule has 174 valence electrons. The molecule has 33 heavy (non-hydrogen) atoms. The monoisotopic (exact) mass is 454 g/mol. The molecule has 3 aliphatic rings. The van der Waals surface area contributed by atoms with Crippen molar-refractivity contribution in [3.05, 3.63) is 63.3 Å². The van der Waals surface area contributed by atoms with E-state index in [2.05, 4.69) is 10.2 Å². The third-order valence-electron chi connectivity index (χ3n) is 7.19. The van der Waals surface area contributed by atoms with E-state index in [1.807, 2.05) is 6.92 Å². The average Bonchev–Trinajstić information content (AvgIpc) is 2.76. The fourth-order valence-electron chi connectivity index (χ4n) is 5.11. The van der Waals surface area contributed by atoms with Crippen LogP contribution in [-0.2, 0) is 13.1 Å². The van der Waals surface area contributed by atoms with E-state index in [1.165, 1.54) is 24.8 Å². The van der Waals surface area contributed by atoms with E-state index in [-0.39, 0.29) is 41.7 Å². The first kappa shape index (κ1) is 21.6. The molecule has 1 aromatic heterocycles. The summed E-state index contributed by atoms with van der Waals surface area (Å²) in [6.45, 7) is 3.37. The zero-order chi connectivity index (χ0) is 23.3. The number of nitrogens with one attached hydrogen (secondary N) is 1. The van der Waals surface area contributed by atoms with Crippen LogP contribution in [0.4, 0.5) is 4.39 Å². The Morgan fingerprint density at radius 2 is 1.91 bits per heavy atom. The molecule has 8 nitrogen and oxygen atoms in total. The van der Waals surface area contributed by atoms with Crippen molar-refractivity contribution in [2.24, 2.45) is 0 Å². The second-order valence-corrected chi connectivity index (χ2v) is 9.18. The maximum Gasteiger partial charge on any atom is 0.276 e. The van der Waals surface area contributed by atoms with Gasteiger partial charge in [-0.2, -0.15) is 0 Å². The topological polar surface area (TPSA) is 94.9 Å². The van der Waals surface area contributed by atoms with Crippen molar-refractivity contribution in [3.63, 3.8) is 0 Å². The number of carbonyl (C=O) groups excluding carboxylic acids is 2. The molecule has 9 heteroatoms. The molecule has 0 bridgehead atoms. The van der Waals surface area contributed by atoms with Gasteiger partial charge in [0.05, 0.1) is 6.54 Å². The molecule has 0 radical (unpaired) electrons. The summed E-state index contributed by atoms with van der Waals surface area (Å²) >= 11 is 0. The number of pyridine rings is 1. The molecule has 1 aliphatic carbocycles. The minimum atomic E-state index is -0.870. The molecule has 5 rings (SSSR count). The van der Waals surface area contributed by atoms with Gasteiger partial charge in [-0.25, -0.2) is 4.39 Å². The highest BCUT2D eigenvalue weighted by atomic mass is 19.1. The van der Waals surface area contributed by atoms with Gasteiger partial charge in [0.15, 0.2) is 11.4 Å². The number of aromatic nitrogens is 1. The molecule has 2 aromatic rings. The Hall–Kier alpha value is -3.20. The first-order chi connectivity index (χ1) is 15.8. The van der Waals surface area contributed by atoms with Crippen LogP contribution < -0.4 is 10.7 Å². The van der Waals surface area contributed by atoms with Gasteiger partial charge in [-0.3, -0.25) is 19.3 Å². The van der Waals surface area contributed by atoms with Gasteiger partial charge in [0.25, 0.3) is 11.8 Å². The summed E-state index contributed by atoms with van der Waals surface area (Å²) in [5, 5.41) is 13.3. The van der Waals surface area contributed by atoms with Gasteiger partial charge in [-0.15, -0.1) is 0 Å². The maximum absolute atomic E-state index is 13.4. The molecule has 1 saturated heterocycles. The lowest BCUT2D eigenvalue weighted by molar-refractivity contribution is -0.0661. The fourth-order valence-corrected chi connectivity index (χ4v) is 5.11. The Labute approximate surface area is 190 Å². The largest absolute Gasteiger partial charge is 0.503 e. The lowest BCUT2D eigenvalue weighted by atomic mass is 9.89. The smallest absolute Gasteiger partial charge is 0.276 e. The summed E-state index contributed by atoms with van der Waals surface area (Å²) in [7, 11) is 0. The molecular formula is C24H27FN4O4. The third-order valence-corrected chi connectivity index (χ3v) is 7.19. The predicted molar refractivity (Wildman–Crippen MR) is 118 cm³/mol. The van der Waals surface area contributed by atoms with Crippen LogP contribution in [-0.4, -0.2) is 56.1 Å². The lowest BCUT2D eigenvalue weighted by Gasteiger charge is -2.54. The van der Waals surface area contributed by atoms with E-state index in [0.717, 1.165) is 25.8 Å². The van der Waals surface area contributed by atoms with Crippen LogP contribution >= 0.6 is 0 Å². The molecule has 2 N–H and O–H groups in total. The second kappa shape index (κ2) is 8.30. The average molecular weight is 455 g/mol. The minimum absolute atomic E-state index is 0.000706. The number of nitrogens with zero attached hydrogens (tertiary/aromatic N) is 3. The van der Waals surface area contributed by atoms with E-state index < -0.39 is 17.1 Å². The van der Waals surface area contributed by atoms with Crippen LogP contribution in [0.15, 0.2) is 35.3 Å². The molecule has 1 saturated carbocycles. The fraction of sp³-hybridized carbons (Fsp3) is 0.458. The molecule has 2 amide bonds. The van der Waals surface area contributed by atoms with Crippen LogP contribution in [0.25, 0.3) is 0 Å². The number of benzene rings is 1. The van der Waals surface area contributed by atoms with Gasteiger partial charge >= 0.3 is 0 Å². The summed E-state index contributed by atoms with van der Waals surface area (Å²) in [5.74, 6) is -2.11. The molecule has 1 aromatic carbocycles. The standard InChI is InChI=1S/C24H27FN4O4/c1-14-9-10-28(17-3-2-4-17)19-13-27-12-18(21(30)22(31)20(27)24(33)29(14)19)23(32)26-11-15-5-7-16(25)8-6-15/h5-8,12,14,17,19,31H,2-4,9-11,13H2,1H3,(H,26,32)/t14-,19-/m0/s1. The van der Waals surface area contributed by atoms with Gasteiger partial charge in [-0.1, -0.05) is 18.6 Å². The van der Waals surface area contributed by atoms with Gasteiger partial charge < -0.3 is 19.9 Å². The molecule has 3 heterocycles. The van der Waals surface area contributed by atoms with Gasteiger partial charge in [0.1, 0.15) is 17.5 Å². The number of amides is 2. The van der Waals surface area contributed by atoms with Gasteiger partial charge in [-0.05, 0) is 43.9 Å². The maximum atomic E-state index is 13.4. The summed E-state index contributed by atoms with van der Waals surface area (Å²) in [5.41, 5.74) is -0.484. The Morgan fingerprint density at radius 1 is 1.18 bits per heavy atom. The SMILES string of the molecule is C[C@H]1CCN(C2CCC2)[C@@H]2Cn3cc(C(=O)NCc4ccc(F)cc4)c(=O)c(O)c3C(=O)N12. The number of rotatable bonds is 4. The zero-order valence-corrected chi connectivity index (χ0v) is 18.5. The van der Waals surface area contributed by atoms with Gasteiger partial charge in [0.2, 0.25) is 5.43 Å². The zero-order valence-electron chi connectivity index (χ0n) is 18.5. The number of halogens is 1. The predicted octanol–water partition coefficient (Wildman–Crippen LogP) is 2.05. The van der Waals surface area contributed by atoms with E-state index in [1.54, 1.807) is 21.6 Å². The van der Waals surface area contributed by atoms with Crippen molar-refractivity contribution >= 4 is 11.8 Å². The molecular weight excluding hydrogens is 427 g/mol. The van der Waals surface area contributed by atoms with Crippen molar-refractivity contribution in [1.29, 1.82) is 0 Å². The summed E-state index contributed by atoms with van der Waals surface area (Å²) < 4.78 is 14.6. The van der Waals surface area contributed by atoms with E-state index >= 15 is 0 Å². The number of hydrogen-bond acceptors (Lipinski definition) is 5. The number of aromatic hydroxyl groups is 1. The number of hydrogen-bond donors (Lipinski definition) is 2. The van der Waals surface area contributed by atoms with E-state index in [0.29, 0.717) is 18.2 Å². The van der Waals surface area contributed by atoms with Crippen molar-refractivity contribution in [1.82, 2.24) is 19.7 Å². The first-order valence-electron chi connectivity index (χ1n) is 11.4. The molecule has 2 aliphatic heterocycles. The quantitative estimate of drug-likeness (QED) is 0.738. The first-order valence-corrected chi connectivity index (χ1v) is 11.4. The Kier molecular flexibility index (Phi) is 5.44.